The number of aliphatic hydroxyl groups is 1. The number of fused-ring (bicyclic) bond motifs is 1. The number of nitrogens with zero attached hydrogens (tertiary/aromatic N) is 2. The van der Waals surface area contributed by atoms with E-state index in [2.05, 4.69) is 10.00 Å². The summed E-state index contributed by atoms with van der Waals surface area (Å²) in [5, 5.41) is 17.0. The number of aromatic nitrogens is 2. The maximum atomic E-state index is 12.5. The highest BCUT2D eigenvalue weighted by Crippen LogP contribution is 2.44. The summed E-state index contributed by atoms with van der Waals surface area (Å²) in [4.78, 5) is 12.5. The number of carbonyl (C=O) groups excluding carboxylic acids is 1. The molecule has 1 aliphatic heterocycles. The molecule has 0 radical (unpaired) electrons. The van der Waals surface area contributed by atoms with Gasteiger partial charge in [-0.15, -0.1) is 0 Å². The van der Waals surface area contributed by atoms with Gasteiger partial charge in [-0.05, 0) is 25.8 Å². The van der Waals surface area contributed by atoms with Crippen LogP contribution in [0.5, 0.6) is 5.75 Å². The first kappa shape index (κ1) is 18.0. The molecule has 1 fully saturated rings. The average molecular weight is 369 g/mol. The number of para-hydroxylation sites is 1. The molecule has 0 spiro atoms. The second kappa shape index (κ2) is 7.72. The minimum absolute atomic E-state index is 0.0152. The van der Waals surface area contributed by atoms with Crippen LogP contribution in [0, 0.1) is 6.92 Å². The maximum absolute atomic E-state index is 12.5. The fourth-order valence-corrected chi connectivity index (χ4v) is 4.48. The van der Waals surface area contributed by atoms with Crippen LogP contribution in [0.2, 0.25) is 0 Å². The number of anilines is 1. The molecule has 2 aromatic rings. The number of aryl methyl sites for hydroxylation is 1. The van der Waals surface area contributed by atoms with Gasteiger partial charge >= 0.3 is 0 Å². The van der Waals surface area contributed by atoms with Crippen molar-refractivity contribution in [3.05, 3.63) is 41.1 Å². The maximum Gasteiger partial charge on any atom is 0.226 e. The van der Waals surface area contributed by atoms with Crippen molar-refractivity contribution < 1.29 is 14.6 Å². The van der Waals surface area contributed by atoms with Gasteiger partial charge in [0, 0.05) is 23.5 Å². The van der Waals surface area contributed by atoms with E-state index in [-0.39, 0.29) is 25.0 Å². The molecular weight excluding hydrogens is 342 g/mol. The minimum atomic E-state index is -0.0824. The first-order chi connectivity index (χ1) is 13.2. The molecule has 1 aliphatic carbocycles. The number of aliphatic hydroxyl groups excluding tert-OH is 1. The van der Waals surface area contributed by atoms with E-state index in [9.17, 15) is 4.79 Å². The van der Waals surface area contributed by atoms with Crippen molar-refractivity contribution in [2.24, 2.45) is 0 Å². The van der Waals surface area contributed by atoms with Crippen LogP contribution >= 0.6 is 0 Å². The second-order valence-electron chi connectivity index (χ2n) is 7.50. The zero-order valence-electron chi connectivity index (χ0n) is 15.8. The Bertz CT molecular complexity index is 824. The lowest BCUT2D eigenvalue weighted by molar-refractivity contribution is -0.116. The van der Waals surface area contributed by atoms with Crippen molar-refractivity contribution >= 4 is 11.7 Å². The summed E-state index contributed by atoms with van der Waals surface area (Å²) in [5.41, 5.74) is 3.05. The highest BCUT2D eigenvalue weighted by Gasteiger charge is 2.35. The highest BCUT2D eigenvalue weighted by molar-refractivity contribution is 5.94. The van der Waals surface area contributed by atoms with Gasteiger partial charge in [-0.25, -0.2) is 4.68 Å². The summed E-state index contributed by atoms with van der Waals surface area (Å²) >= 11 is 0. The van der Waals surface area contributed by atoms with Crippen molar-refractivity contribution in [2.75, 3.05) is 18.5 Å². The van der Waals surface area contributed by atoms with Crippen LogP contribution in [0.15, 0.2) is 24.3 Å². The zero-order valence-corrected chi connectivity index (χ0v) is 15.8. The van der Waals surface area contributed by atoms with E-state index in [1.807, 2.05) is 31.2 Å². The van der Waals surface area contributed by atoms with Crippen molar-refractivity contribution in [2.45, 2.75) is 57.4 Å². The Morgan fingerprint density at radius 1 is 1.26 bits per heavy atom. The molecule has 1 aromatic carbocycles. The molecule has 2 N–H and O–H groups in total. The predicted molar refractivity (Wildman–Crippen MR) is 103 cm³/mol. The van der Waals surface area contributed by atoms with Crippen molar-refractivity contribution in [3.8, 4) is 5.75 Å². The quantitative estimate of drug-likeness (QED) is 0.845. The number of amides is 1. The highest BCUT2D eigenvalue weighted by atomic mass is 16.5. The first-order valence-electron chi connectivity index (χ1n) is 9.90. The van der Waals surface area contributed by atoms with Crippen molar-refractivity contribution in [1.82, 2.24) is 9.78 Å². The van der Waals surface area contributed by atoms with Crippen LogP contribution in [0.3, 0.4) is 0 Å². The van der Waals surface area contributed by atoms with Gasteiger partial charge in [0.05, 0.1) is 18.3 Å². The Balaban J connectivity index is 1.76. The smallest absolute Gasteiger partial charge is 0.226 e. The second-order valence-corrected chi connectivity index (χ2v) is 7.50. The molecule has 1 unspecified atom stereocenters. The monoisotopic (exact) mass is 369 g/mol. The lowest BCUT2D eigenvalue weighted by atomic mass is 9.85. The Morgan fingerprint density at radius 3 is 2.81 bits per heavy atom. The van der Waals surface area contributed by atoms with E-state index in [0.29, 0.717) is 12.5 Å². The van der Waals surface area contributed by atoms with E-state index >= 15 is 0 Å². The molecule has 4 rings (SSSR count). The molecule has 6 heteroatoms. The molecule has 2 heterocycles. The lowest BCUT2D eigenvalue weighted by Crippen LogP contribution is -2.27. The van der Waals surface area contributed by atoms with Gasteiger partial charge in [-0.1, -0.05) is 37.5 Å². The number of hydrogen-bond donors (Lipinski definition) is 2. The van der Waals surface area contributed by atoms with Gasteiger partial charge in [0.25, 0.3) is 0 Å². The summed E-state index contributed by atoms with van der Waals surface area (Å²) in [6, 6.07) is 8.16. The molecule has 2 aliphatic rings. The van der Waals surface area contributed by atoms with E-state index in [1.54, 1.807) is 0 Å². The summed E-state index contributed by atoms with van der Waals surface area (Å²) < 4.78 is 7.80. The Kier molecular flexibility index (Phi) is 5.16. The number of benzene rings is 1. The van der Waals surface area contributed by atoms with E-state index < -0.39 is 0 Å². The van der Waals surface area contributed by atoms with Gasteiger partial charge in [-0.2, -0.15) is 5.10 Å². The number of nitrogens with one attached hydrogen (secondary N) is 1. The molecule has 1 amide bonds. The molecular formula is C21H27N3O3. The van der Waals surface area contributed by atoms with Gasteiger partial charge in [0.2, 0.25) is 5.91 Å². The fourth-order valence-electron chi connectivity index (χ4n) is 4.48. The fraction of sp³-hybridized carbons (Fsp3) is 0.524. The normalized spacial score (nSPS) is 20.2. The number of rotatable bonds is 5. The molecule has 6 nitrogen and oxygen atoms in total. The number of ether oxygens (including phenoxy) is 1. The lowest BCUT2D eigenvalue weighted by Gasteiger charge is -2.28. The summed E-state index contributed by atoms with van der Waals surface area (Å²) in [6.07, 6.45) is 6.32. The Labute approximate surface area is 159 Å². The van der Waals surface area contributed by atoms with Crippen LogP contribution in [0.25, 0.3) is 0 Å². The minimum Gasteiger partial charge on any atom is -0.491 e. The molecule has 144 valence electrons. The molecule has 1 aromatic heterocycles. The average Bonchev–Trinajstić information content (AvgIpc) is 3.03. The van der Waals surface area contributed by atoms with Gasteiger partial charge < -0.3 is 15.2 Å². The third-order valence-electron chi connectivity index (χ3n) is 5.69. The third-order valence-corrected chi connectivity index (χ3v) is 5.69. The van der Waals surface area contributed by atoms with E-state index in [0.717, 1.165) is 41.2 Å². The summed E-state index contributed by atoms with van der Waals surface area (Å²) in [5.74, 6) is 1.52. The number of carbonyl (C=O) groups is 1. The van der Waals surface area contributed by atoms with E-state index in [4.69, 9.17) is 14.9 Å². The van der Waals surface area contributed by atoms with Crippen LogP contribution in [0.4, 0.5) is 5.82 Å². The standard InChI is InChI=1S/C21H27N3O3/c1-14-20-17(16-9-5-6-10-18(16)27-12-11-25)13-19(26)22-21(20)24(23-14)15-7-3-2-4-8-15/h5-6,9-10,15,17,25H,2-4,7-8,11-13H2,1H3,(H,22,26). The molecule has 0 saturated heterocycles. The predicted octanol–water partition coefficient (Wildman–Crippen LogP) is 3.54. The largest absolute Gasteiger partial charge is 0.491 e. The Morgan fingerprint density at radius 2 is 2.04 bits per heavy atom. The molecule has 0 bridgehead atoms. The molecule has 1 saturated carbocycles. The van der Waals surface area contributed by atoms with Crippen LogP contribution in [-0.2, 0) is 4.79 Å². The van der Waals surface area contributed by atoms with Gasteiger partial charge in [0.15, 0.2) is 0 Å². The summed E-state index contributed by atoms with van der Waals surface area (Å²) in [6.45, 7) is 2.23. The van der Waals surface area contributed by atoms with Gasteiger partial charge in [-0.3, -0.25) is 4.79 Å². The van der Waals surface area contributed by atoms with Crippen molar-refractivity contribution in [3.63, 3.8) is 0 Å². The van der Waals surface area contributed by atoms with Crippen LogP contribution in [0.1, 0.15) is 67.3 Å². The Hall–Kier alpha value is -2.34. The van der Waals surface area contributed by atoms with E-state index in [1.165, 1.54) is 19.3 Å². The SMILES string of the molecule is Cc1nn(C2CCCCC2)c2c1C(c1ccccc1OCCO)CC(=O)N2. The third kappa shape index (κ3) is 3.46. The van der Waals surface area contributed by atoms with Crippen molar-refractivity contribution in [1.29, 1.82) is 0 Å². The zero-order chi connectivity index (χ0) is 18.8. The number of hydrogen-bond acceptors (Lipinski definition) is 4. The topological polar surface area (TPSA) is 76.4 Å². The van der Waals surface area contributed by atoms with Gasteiger partial charge in [0.1, 0.15) is 18.2 Å². The van der Waals surface area contributed by atoms with Crippen LogP contribution in [-0.4, -0.2) is 34.0 Å². The summed E-state index contributed by atoms with van der Waals surface area (Å²) in [7, 11) is 0. The first-order valence-corrected chi connectivity index (χ1v) is 9.90. The molecule has 27 heavy (non-hydrogen) atoms. The molecule has 1 atom stereocenters. The van der Waals surface area contributed by atoms with Crippen LogP contribution < -0.4 is 10.1 Å².